The Morgan fingerprint density at radius 2 is 1.88 bits per heavy atom. The van der Waals surface area contributed by atoms with Gasteiger partial charge in [0.1, 0.15) is 5.52 Å². The van der Waals surface area contributed by atoms with Crippen LogP contribution in [0.4, 0.5) is 5.82 Å². The first-order valence-corrected chi connectivity index (χ1v) is 5.72. The quantitative estimate of drug-likeness (QED) is 0.803. The number of nitrogens with zero attached hydrogens (tertiary/aromatic N) is 3. The molecule has 0 spiro atoms. The van der Waals surface area contributed by atoms with Crippen LogP contribution in [0.3, 0.4) is 0 Å². The van der Waals surface area contributed by atoms with E-state index >= 15 is 0 Å². The van der Waals surface area contributed by atoms with Gasteiger partial charge in [-0.2, -0.15) is 5.10 Å². The Labute approximate surface area is 96.5 Å². The topological polar surface area (TPSA) is 56.7 Å². The van der Waals surface area contributed by atoms with Crippen LogP contribution >= 0.6 is 0 Å². The van der Waals surface area contributed by atoms with Gasteiger partial charge >= 0.3 is 0 Å². The predicted octanol–water partition coefficient (Wildman–Crippen LogP) is 2.53. The van der Waals surface area contributed by atoms with Gasteiger partial charge in [0.2, 0.25) is 0 Å². The van der Waals surface area contributed by atoms with Crippen LogP contribution in [0.15, 0.2) is 12.1 Å². The van der Waals surface area contributed by atoms with E-state index in [0.717, 1.165) is 23.1 Å². The number of rotatable bonds is 1. The highest BCUT2D eigenvalue weighted by atomic mass is 15.3. The SMILES string of the molecule is CCC.CCc1ccc2c(n1)c(N)nn2C. The second-order valence-corrected chi connectivity index (χ2v) is 3.74. The third-order valence-corrected chi connectivity index (χ3v) is 2.14. The molecular weight excluding hydrogens is 200 g/mol. The van der Waals surface area contributed by atoms with E-state index in [9.17, 15) is 0 Å². The summed E-state index contributed by atoms with van der Waals surface area (Å²) in [6.45, 7) is 6.32. The molecule has 0 saturated heterocycles. The first-order chi connectivity index (χ1) is 7.63. The first-order valence-electron chi connectivity index (χ1n) is 5.72. The van der Waals surface area contributed by atoms with Crippen LogP contribution in [0.2, 0.25) is 0 Å². The summed E-state index contributed by atoms with van der Waals surface area (Å²) in [5.41, 5.74) is 8.54. The predicted molar refractivity (Wildman–Crippen MR) is 68.3 cm³/mol. The Morgan fingerprint density at radius 1 is 1.25 bits per heavy atom. The fourth-order valence-corrected chi connectivity index (χ4v) is 1.40. The van der Waals surface area contributed by atoms with Gasteiger partial charge in [-0.15, -0.1) is 0 Å². The van der Waals surface area contributed by atoms with E-state index in [2.05, 4.69) is 30.9 Å². The third kappa shape index (κ3) is 2.51. The molecule has 2 rings (SSSR count). The van der Waals surface area contributed by atoms with E-state index in [1.807, 2.05) is 19.2 Å². The van der Waals surface area contributed by atoms with Crippen molar-refractivity contribution in [3.8, 4) is 0 Å². The molecule has 0 aliphatic rings. The van der Waals surface area contributed by atoms with Crippen molar-refractivity contribution in [2.75, 3.05) is 5.73 Å². The highest BCUT2D eigenvalue weighted by Crippen LogP contribution is 2.17. The maximum absolute atomic E-state index is 5.71. The van der Waals surface area contributed by atoms with E-state index in [1.165, 1.54) is 6.42 Å². The maximum Gasteiger partial charge on any atom is 0.172 e. The summed E-state index contributed by atoms with van der Waals surface area (Å²) < 4.78 is 1.75. The Hall–Kier alpha value is -1.58. The van der Waals surface area contributed by atoms with Gasteiger partial charge in [-0.1, -0.05) is 27.2 Å². The first kappa shape index (κ1) is 12.5. The average molecular weight is 220 g/mol. The van der Waals surface area contributed by atoms with Crippen LogP contribution in [0.25, 0.3) is 11.0 Å². The molecule has 2 heterocycles. The molecule has 4 heteroatoms. The van der Waals surface area contributed by atoms with Crippen LogP contribution in [-0.2, 0) is 13.5 Å². The molecule has 0 radical (unpaired) electrons. The summed E-state index contributed by atoms with van der Waals surface area (Å²) >= 11 is 0. The van der Waals surface area contributed by atoms with Gasteiger partial charge in [0.25, 0.3) is 0 Å². The zero-order valence-electron chi connectivity index (χ0n) is 10.5. The lowest BCUT2D eigenvalue weighted by atomic mass is 10.2. The standard InChI is InChI=1S/C9H12N4.C3H8/c1-3-6-4-5-7-8(11-6)9(10)12-13(7)2;1-3-2/h4-5H,3H2,1-2H3,(H2,10,12);3H2,1-2H3. The minimum Gasteiger partial charge on any atom is -0.380 e. The minimum atomic E-state index is 0.507. The highest BCUT2D eigenvalue weighted by molar-refractivity contribution is 5.85. The summed E-state index contributed by atoms with van der Waals surface area (Å²) in [6, 6.07) is 4.01. The molecule has 88 valence electrons. The van der Waals surface area contributed by atoms with Crippen LogP contribution in [0.5, 0.6) is 0 Å². The fourth-order valence-electron chi connectivity index (χ4n) is 1.40. The van der Waals surface area contributed by atoms with Crippen LogP contribution in [-0.4, -0.2) is 14.8 Å². The Balaban J connectivity index is 0.000000386. The van der Waals surface area contributed by atoms with Gasteiger partial charge in [0.15, 0.2) is 5.82 Å². The lowest BCUT2D eigenvalue weighted by Crippen LogP contribution is -1.91. The molecule has 2 aromatic heterocycles. The molecule has 0 aliphatic carbocycles. The molecule has 16 heavy (non-hydrogen) atoms. The molecule has 2 N–H and O–H groups in total. The van der Waals surface area contributed by atoms with Crippen molar-refractivity contribution in [1.82, 2.24) is 14.8 Å². The largest absolute Gasteiger partial charge is 0.380 e. The lowest BCUT2D eigenvalue weighted by Gasteiger charge is -1.96. The number of nitrogen functional groups attached to an aromatic ring is 1. The molecule has 0 saturated carbocycles. The second kappa shape index (κ2) is 5.49. The fraction of sp³-hybridized carbons (Fsp3) is 0.500. The van der Waals surface area contributed by atoms with Crippen molar-refractivity contribution < 1.29 is 0 Å². The van der Waals surface area contributed by atoms with Crippen molar-refractivity contribution in [2.45, 2.75) is 33.6 Å². The summed E-state index contributed by atoms with van der Waals surface area (Å²) in [5.74, 6) is 0.507. The Bertz CT molecular complexity index is 459. The van der Waals surface area contributed by atoms with E-state index in [-0.39, 0.29) is 0 Å². The van der Waals surface area contributed by atoms with E-state index in [1.54, 1.807) is 4.68 Å². The number of pyridine rings is 1. The highest BCUT2D eigenvalue weighted by Gasteiger charge is 2.06. The minimum absolute atomic E-state index is 0.507. The zero-order valence-corrected chi connectivity index (χ0v) is 10.5. The molecular formula is C12H20N4. The summed E-state index contributed by atoms with van der Waals surface area (Å²) in [4.78, 5) is 4.41. The average Bonchev–Trinajstić information content (AvgIpc) is 2.55. The Morgan fingerprint density at radius 3 is 2.44 bits per heavy atom. The van der Waals surface area contributed by atoms with Crippen molar-refractivity contribution in [3.05, 3.63) is 17.8 Å². The van der Waals surface area contributed by atoms with Crippen LogP contribution in [0, 0.1) is 0 Å². The van der Waals surface area contributed by atoms with Crippen LogP contribution < -0.4 is 5.73 Å². The number of aryl methyl sites for hydroxylation is 2. The summed E-state index contributed by atoms with van der Waals surface area (Å²) in [7, 11) is 1.87. The number of nitrogens with two attached hydrogens (primary N) is 1. The normalized spacial score (nSPS) is 10.0. The van der Waals surface area contributed by atoms with Gasteiger partial charge < -0.3 is 5.73 Å². The lowest BCUT2D eigenvalue weighted by molar-refractivity contribution is 0.802. The molecule has 0 fully saturated rings. The zero-order chi connectivity index (χ0) is 12.1. The third-order valence-electron chi connectivity index (χ3n) is 2.14. The Kier molecular flexibility index (Phi) is 4.28. The molecule has 0 unspecified atom stereocenters. The number of anilines is 1. The molecule has 0 bridgehead atoms. The molecule has 0 amide bonds. The van der Waals surface area contributed by atoms with Crippen molar-refractivity contribution in [3.63, 3.8) is 0 Å². The van der Waals surface area contributed by atoms with E-state index in [0.29, 0.717) is 5.82 Å². The van der Waals surface area contributed by atoms with Gasteiger partial charge in [-0.3, -0.25) is 4.68 Å². The van der Waals surface area contributed by atoms with Gasteiger partial charge in [0.05, 0.1) is 5.52 Å². The number of hydrogen-bond acceptors (Lipinski definition) is 3. The molecule has 0 aromatic carbocycles. The van der Waals surface area contributed by atoms with E-state index < -0.39 is 0 Å². The van der Waals surface area contributed by atoms with Gasteiger partial charge in [-0.05, 0) is 18.6 Å². The number of fused-ring (bicyclic) bond motifs is 1. The summed E-state index contributed by atoms with van der Waals surface area (Å²) in [5, 5.41) is 4.10. The molecule has 0 aliphatic heterocycles. The maximum atomic E-state index is 5.71. The molecule has 2 aromatic rings. The van der Waals surface area contributed by atoms with Crippen molar-refractivity contribution in [2.24, 2.45) is 7.05 Å². The molecule has 4 nitrogen and oxygen atoms in total. The van der Waals surface area contributed by atoms with Gasteiger partial charge in [0, 0.05) is 12.7 Å². The number of aromatic nitrogens is 3. The molecule has 0 atom stereocenters. The monoisotopic (exact) mass is 220 g/mol. The van der Waals surface area contributed by atoms with Gasteiger partial charge in [-0.25, -0.2) is 4.98 Å². The summed E-state index contributed by atoms with van der Waals surface area (Å²) in [6.07, 6.45) is 2.17. The van der Waals surface area contributed by atoms with E-state index in [4.69, 9.17) is 5.73 Å². The number of hydrogen-bond donors (Lipinski definition) is 1. The van der Waals surface area contributed by atoms with Crippen molar-refractivity contribution in [1.29, 1.82) is 0 Å². The van der Waals surface area contributed by atoms with Crippen molar-refractivity contribution >= 4 is 16.9 Å². The smallest absolute Gasteiger partial charge is 0.172 e. The van der Waals surface area contributed by atoms with Crippen LogP contribution in [0.1, 0.15) is 32.9 Å². The second-order valence-electron chi connectivity index (χ2n) is 3.74.